The predicted molar refractivity (Wildman–Crippen MR) is 117 cm³/mol. The number of hydrogen-bond donors (Lipinski definition) is 1. The summed E-state index contributed by atoms with van der Waals surface area (Å²) in [5.74, 6) is 0.629. The minimum absolute atomic E-state index is 0.0574. The minimum Gasteiger partial charge on any atom is -0.497 e. The molecule has 0 fully saturated rings. The summed E-state index contributed by atoms with van der Waals surface area (Å²) in [6.07, 6.45) is 1.92. The van der Waals surface area contributed by atoms with Gasteiger partial charge in [-0.05, 0) is 55.2 Å². The fraction of sp³-hybridized carbons (Fsp3) is 0.250. The molecule has 4 rings (SSSR count). The number of carbonyl (C=O) groups is 1. The van der Waals surface area contributed by atoms with Crippen LogP contribution in [-0.4, -0.2) is 12.9 Å². The van der Waals surface area contributed by atoms with Crippen LogP contribution in [0.5, 0.6) is 5.75 Å². The summed E-state index contributed by atoms with van der Waals surface area (Å²) in [7, 11) is 1.60. The number of methoxy groups -OCH3 is 1. The zero-order valence-corrected chi connectivity index (χ0v) is 17.7. The zero-order chi connectivity index (χ0) is 21.4. The third kappa shape index (κ3) is 3.14. The number of nitrogens with zero attached hydrogens (tertiary/aromatic N) is 2. The lowest BCUT2D eigenvalue weighted by Crippen LogP contribution is -2.39. The smallest absolute Gasteiger partial charge is 0.161 e. The first-order chi connectivity index (χ1) is 14.5. The van der Waals surface area contributed by atoms with Crippen molar-refractivity contribution in [1.82, 2.24) is 0 Å². The Balaban J connectivity index is 1.96. The Morgan fingerprint density at radius 2 is 1.93 bits per heavy atom. The van der Waals surface area contributed by atoms with Gasteiger partial charge in [-0.2, -0.15) is 5.26 Å². The van der Waals surface area contributed by atoms with Gasteiger partial charge in [-0.1, -0.05) is 29.8 Å². The van der Waals surface area contributed by atoms with Crippen LogP contribution in [0.25, 0.3) is 0 Å². The number of anilines is 1. The van der Waals surface area contributed by atoms with E-state index in [1.807, 2.05) is 54.3 Å². The molecule has 0 bridgehead atoms. The average Bonchev–Trinajstić information content (AvgIpc) is 2.76. The standard InChI is InChI=1S/C24H22ClN3O2/c1-14-18(25)5-3-6-19(14)28-20-7-4-8-21(29)23(20)22(17(13-26)24(28)27)15-9-11-16(30-2)12-10-15/h3,5-6,9-12,22H,4,7-8,27H2,1-2H3/t22-/m1/s1. The van der Waals surface area contributed by atoms with Crippen LogP contribution in [0.1, 0.15) is 36.3 Å². The maximum Gasteiger partial charge on any atom is 0.161 e. The number of Topliss-reactive ketones (excluding diaryl/α,β-unsaturated/α-hetero) is 1. The molecule has 2 aromatic carbocycles. The molecule has 1 heterocycles. The molecule has 2 aromatic rings. The van der Waals surface area contributed by atoms with Crippen LogP contribution in [-0.2, 0) is 4.79 Å². The second kappa shape index (κ2) is 7.89. The van der Waals surface area contributed by atoms with Crippen molar-refractivity contribution in [3.05, 3.63) is 81.3 Å². The van der Waals surface area contributed by atoms with E-state index in [4.69, 9.17) is 22.1 Å². The lowest BCUT2D eigenvalue weighted by Gasteiger charge is -2.40. The number of allylic oxidation sites excluding steroid dienone is 3. The molecule has 0 saturated carbocycles. The molecule has 0 amide bonds. The predicted octanol–water partition coefficient (Wildman–Crippen LogP) is 4.96. The minimum atomic E-state index is -0.487. The summed E-state index contributed by atoms with van der Waals surface area (Å²) in [6.45, 7) is 1.91. The highest BCUT2D eigenvalue weighted by Crippen LogP contribution is 2.47. The lowest BCUT2D eigenvalue weighted by molar-refractivity contribution is -0.116. The Kier molecular flexibility index (Phi) is 5.27. The van der Waals surface area contributed by atoms with Gasteiger partial charge in [0.1, 0.15) is 11.6 Å². The fourth-order valence-corrected chi connectivity index (χ4v) is 4.50. The van der Waals surface area contributed by atoms with Gasteiger partial charge in [0, 0.05) is 22.7 Å². The van der Waals surface area contributed by atoms with E-state index in [1.165, 1.54) is 0 Å². The van der Waals surface area contributed by atoms with Gasteiger partial charge in [0.15, 0.2) is 5.78 Å². The van der Waals surface area contributed by atoms with Gasteiger partial charge in [0.25, 0.3) is 0 Å². The first-order valence-electron chi connectivity index (χ1n) is 9.83. The van der Waals surface area contributed by atoms with Gasteiger partial charge < -0.3 is 10.5 Å². The second-order valence-electron chi connectivity index (χ2n) is 7.47. The van der Waals surface area contributed by atoms with Crippen LogP contribution >= 0.6 is 11.6 Å². The zero-order valence-electron chi connectivity index (χ0n) is 16.9. The molecule has 0 radical (unpaired) electrons. The number of nitrogens with two attached hydrogens (primary N) is 1. The van der Waals surface area contributed by atoms with Crippen LogP contribution in [0.2, 0.25) is 5.02 Å². The van der Waals surface area contributed by atoms with Crippen molar-refractivity contribution in [3.8, 4) is 11.8 Å². The maximum atomic E-state index is 13.1. The summed E-state index contributed by atoms with van der Waals surface area (Å²) in [4.78, 5) is 15.0. The van der Waals surface area contributed by atoms with Crippen molar-refractivity contribution in [2.24, 2.45) is 5.73 Å². The van der Waals surface area contributed by atoms with E-state index in [0.29, 0.717) is 40.6 Å². The highest BCUT2D eigenvalue weighted by atomic mass is 35.5. The molecule has 2 aliphatic rings. The number of carbonyl (C=O) groups excluding carboxylic acids is 1. The van der Waals surface area contributed by atoms with Gasteiger partial charge in [-0.3, -0.25) is 9.69 Å². The van der Waals surface area contributed by atoms with Crippen molar-refractivity contribution >= 4 is 23.1 Å². The number of halogens is 1. The quantitative estimate of drug-likeness (QED) is 0.760. The van der Waals surface area contributed by atoms with E-state index in [0.717, 1.165) is 28.9 Å². The van der Waals surface area contributed by atoms with Crippen LogP contribution < -0.4 is 15.4 Å². The van der Waals surface area contributed by atoms with E-state index < -0.39 is 5.92 Å². The SMILES string of the molecule is COc1ccc([C@@H]2C(C#N)=C(N)N(c3cccc(Cl)c3C)C3=C2C(=O)CCC3)cc1. The number of rotatable bonds is 3. The van der Waals surface area contributed by atoms with Crippen LogP contribution in [0.4, 0.5) is 5.69 Å². The Morgan fingerprint density at radius 1 is 1.20 bits per heavy atom. The van der Waals surface area contributed by atoms with Gasteiger partial charge >= 0.3 is 0 Å². The largest absolute Gasteiger partial charge is 0.497 e. The first kappa shape index (κ1) is 20.1. The molecular formula is C24H22ClN3O2. The van der Waals surface area contributed by atoms with E-state index >= 15 is 0 Å². The Bertz CT molecular complexity index is 1130. The van der Waals surface area contributed by atoms with Crippen LogP contribution in [0.15, 0.2) is 65.1 Å². The van der Waals surface area contributed by atoms with Crippen LogP contribution in [0, 0.1) is 18.3 Å². The highest BCUT2D eigenvalue weighted by Gasteiger charge is 2.40. The van der Waals surface area contributed by atoms with E-state index in [9.17, 15) is 10.1 Å². The first-order valence-corrected chi connectivity index (χ1v) is 10.2. The molecule has 0 saturated heterocycles. The summed E-state index contributed by atoms with van der Waals surface area (Å²) in [5, 5.41) is 10.7. The Morgan fingerprint density at radius 3 is 2.60 bits per heavy atom. The summed E-state index contributed by atoms with van der Waals surface area (Å²) in [5.41, 5.74) is 11.0. The van der Waals surface area contributed by atoms with Crippen LogP contribution in [0.3, 0.4) is 0 Å². The number of ether oxygens (including phenoxy) is 1. The number of nitriles is 1. The molecule has 1 aliphatic carbocycles. The van der Waals surface area contributed by atoms with Gasteiger partial charge in [-0.25, -0.2) is 0 Å². The number of ketones is 1. The van der Waals surface area contributed by atoms with Crippen molar-refractivity contribution in [3.63, 3.8) is 0 Å². The molecule has 1 aliphatic heterocycles. The summed E-state index contributed by atoms with van der Waals surface area (Å²) >= 11 is 6.36. The molecule has 5 nitrogen and oxygen atoms in total. The summed E-state index contributed by atoms with van der Waals surface area (Å²) in [6, 6.07) is 15.3. The molecule has 0 aromatic heterocycles. The molecule has 152 valence electrons. The van der Waals surface area contributed by atoms with Crippen molar-refractivity contribution in [2.75, 3.05) is 12.0 Å². The van der Waals surface area contributed by atoms with E-state index in [2.05, 4.69) is 6.07 Å². The third-order valence-corrected chi connectivity index (χ3v) is 6.25. The second-order valence-corrected chi connectivity index (χ2v) is 7.88. The Hall–Kier alpha value is -3.23. The molecule has 2 N–H and O–H groups in total. The van der Waals surface area contributed by atoms with Gasteiger partial charge in [0.2, 0.25) is 0 Å². The molecule has 0 unspecified atom stereocenters. The van der Waals surface area contributed by atoms with Crippen molar-refractivity contribution in [1.29, 1.82) is 5.26 Å². The molecule has 1 atom stereocenters. The topological polar surface area (TPSA) is 79.3 Å². The van der Waals surface area contributed by atoms with Gasteiger partial charge in [-0.15, -0.1) is 0 Å². The normalized spacial score (nSPS) is 18.9. The van der Waals surface area contributed by atoms with Crippen molar-refractivity contribution < 1.29 is 9.53 Å². The maximum absolute atomic E-state index is 13.1. The molecular weight excluding hydrogens is 398 g/mol. The Labute approximate surface area is 181 Å². The van der Waals surface area contributed by atoms with Gasteiger partial charge in [0.05, 0.1) is 30.4 Å². The molecule has 30 heavy (non-hydrogen) atoms. The summed E-state index contributed by atoms with van der Waals surface area (Å²) < 4.78 is 5.26. The number of benzene rings is 2. The molecule has 6 heteroatoms. The highest BCUT2D eigenvalue weighted by molar-refractivity contribution is 6.31. The number of hydrogen-bond acceptors (Lipinski definition) is 5. The fourth-order valence-electron chi connectivity index (χ4n) is 4.33. The average molecular weight is 420 g/mol. The van der Waals surface area contributed by atoms with E-state index in [1.54, 1.807) is 7.11 Å². The lowest BCUT2D eigenvalue weighted by atomic mass is 9.75. The van der Waals surface area contributed by atoms with Crippen molar-refractivity contribution in [2.45, 2.75) is 32.1 Å². The monoisotopic (exact) mass is 419 g/mol. The third-order valence-electron chi connectivity index (χ3n) is 5.84. The molecule has 0 spiro atoms. The van der Waals surface area contributed by atoms with E-state index in [-0.39, 0.29) is 5.78 Å².